The minimum absolute atomic E-state index is 0.101. The molecule has 16 heavy (non-hydrogen) atoms. The van der Waals surface area contributed by atoms with Gasteiger partial charge in [-0.3, -0.25) is 4.79 Å². The average Bonchev–Trinajstić information content (AvgIpc) is 2.60. The number of amides is 1. The number of rotatable bonds is 4. The second-order valence-electron chi connectivity index (χ2n) is 5.35. The van der Waals surface area contributed by atoms with Gasteiger partial charge < -0.3 is 10.0 Å². The third kappa shape index (κ3) is 2.24. The Balaban J connectivity index is 1.98. The molecule has 1 N–H and O–H groups in total. The molecular weight excluding hydrogens is 202 g/mol. The molecule has 0 radical (unpaired) electrons. The number of hydrogen-bond donors (Lipinski definition) is 1. The number of aliphatic hydroxyl groups excluding tert-OH is 1. The van der Waals surface area contributed by atoms with Crippen molar-refractivity contribution in [3.8, 4) is 0 Å². The number of hydrogen-bond acceptors (Lipinski definition) is 2. The standard InChI is InChI=1S/C13H23NO2/c1-10-4-2-7-12(10)13(16)14(8-9-15)11-5-3-6-11/h10-12,15H,2-9H2,1H3. The molecule has 3 nitrogen and oxygen atoms in total. The van der Waals surface area contributed by atoms with Crippen LogP contribution < -0.4 is 0 Å². The first-order valence-corrected chi connectivity index (χ1v) is 6.65. The molecule has 0 aromatic rings. The van der Waals surface area contributed by atoms with Crippen LogP contribution in [0.15, 0.2) is 0 Å². The summed E-state index contributed by atoms with van der Waals surface area (Å²) in [5.74, 6) is 1.07. The van der Waals surface area contributed by atoms with E-state index in [1.54, 1.807) is 0 Å². The molecule has 2 aliphatic rings. The third-order valence-corrected chi connectivity index (χ3v) is 4.32. The zero-order chi connectivity index (χ0) is 11.5. The lowest BCUT2D eigenvalue weighted by molar-refractivity contribution is -0.141. The summed E-state index contributed by atoms with van der Waals surface area (Å²) in [4.78, 5) is 14.3. The lowest BCUT2D eigenvalue weighted by Crippen LogP contribution is -2.48. The van der Waals surface area contributed by atoms with Gasteiger partial charge >= 0.3 is 0 Å². The largest absolute Gasteiger partial charge is 0.395 e. The van der Waals surface area contributed by atoms with Crippen LogP contribution in [0, 0.1) is 11.8 Å². The monoisotopic (exact) mass is 225 g/mol. The van der Waals surface area contributed by atoms with Gasteiger partial charge in [-0.1, -0.05) is 13.3 Å². The number of aliphatic hydroxyl groups is 1. The van der Waals surface area contributed by atoms with Crippen molar-refractivity contribution >= 4 is 5.91 Å². The predicted octanol–water partition coefficient (Wildman–Crippen LogP) is 1.80. The Morgan fingerprint density at radius 3 is 2.38 bits per heavy atom. The molecule has 92 valence electrons. The summed E-state index contributed by atoms with van der Waals surface area (Å²) in [5.41, 5.74) is 0. The second-order valence-corrected chi connectivity index (χ2v) is 5.35. The van der Waals surface area contributed by atoms with Crippen LogP contribution >= 0.6 is 0 Å². The Morgan fingerprint density at radius 1 is 1.25 bits per heavy atom. The molecule has 2 atom stereocenters. The van der Waals surface area contributed by atoms with Gasteiger partial charge in [0.1, 0.15) is 0 Å². The second kappa shape index (κ2) is 5.17. The zero-order valence-electron chi connectivity index (χ0n) is 10.2. The van der Waals surface area contributed by atoms with Gasteiger partial charge in [-0.15, -0.1) is 0 Å². The lowest BCUT2D eigenvalue weighted by Gasteiger charge is -2.39. The van der Waals surface area contributed by atoms with Gasteiger partial charge in [-0.05, 0) is 38.0 Å². The summed E-state index contributed by atoms with van der Waals surface area (Å²) in [7, 11) is 0. The quantitative estimate of drug-likeness (QED) is 0.792. The molecule has 2 fully saturated rings. The van der Waals surface area contributed by atoms with Crippen LogP contribution in [0.3, 0.4) is 0 Å². The van der Waals surface area contributed by atoms with Crippen LogP contribution in [0.25, 0.3) is 0 Å². The van der Waals surface area contributed by atoms with Crippen molar-refractivity contribution in [1.82, 2.24) is 4.90 Å². The molecule has 2 unspecified atom stereocenters. The van der Waals surface area contributed by atoms with Crippen molar-refractivity contribution < 1.29 is 9.90 Å². The van der Waals surface area contributed by atoms with Crippen molar-refractivity contribution in [2.45, 2.75) is 51.5 Å². The molecule has 2 aliphatic carbocycles. The summed E-state index contributed by atoms with van der Waals surface area (Å²) >= 11 is 0. The van der Waals surface area contributed by atoms with Crippen LogP contribution in [0.1, 0.15) is 45.4 Å². The van der Waals surface area contributed by atoms with Crippen LogP contribution in [-0.4, -0.2) is 35.1 Å². The first kappa shape index (κ1) is 11.9. The van der Waals surface area contributed by atoms with E-state index >= 15 is 0 Å². The Morgan fingerprint density at radius 2 is 1.94 bits per heavy atom. The third-order valence-electron chi connectivity index (χ3n) is 4.32. The molecule has 1 amide bonds. The van der Waals surface area contributed by atoms with E-state index < -0.39 is 0 Å². The molecule has 2 saturated carbocycles. The van der Waals surface area contributed by atoms with E-state index in [9.17, 15) is 4.79 Å². The minimum Gasteiger partial charge on any atom is -0.395 e. The van der Waals surface area contributed by atoms with E-state index in [-0.39, 0.29) is 12.5 Å². The van der Waals surface area contributed by atoms with Gasteiger partial charge in [0.15, 0.2) is 0 Å². The van der Waals surface area contributed by atoms with E-state index in [1.165, 1.54) is 19.3 Å². The van der Waals surface area contributed by atoms with Gasteiger partial charge in [0.25, 0.3) is 0 Å². The Labute approximate surface area is 97.8 Å². The van der Waals surface area contributed by atoms with Crippen LogP contribution in [0.5, 0.6) is 0 Å². The zero-order valence-corrected chi connectivity index (χ0v) is 10.2. The molecule has 2 rings (SSSR count). The molecule has 0 saturated heterocycles. The normalized spacial score (nSPS) is 30.1. The lowest BCUT2D eigenvalue weighted by atomic mass is 9.89. The maximum absolute atomic E-state index is 12.4. The van der Waals surface area contributed by atoms with E-state index in [0.717, 1.165) is 19.3 Å². The minimum atomic E-state index is 0.101. The number of nitrogens with zero attached hydrogens (tertiary/aromatic N) is 1. The van der Waals surface area contributed by atoms with Crippen LogP contribution in [0.2, 0.25) is 0 Å². The summed E-state index contributed by atoms with van der Waals surface area (Å²) in [5, 5.41) is 9.07. The Bertz CT molecular complexity index is 250. The first-order chi connectivity index (χ1) is 7.74. The highest BCUT2D eigenvalue weighted by atomic mass is 16.3. The van der Waals surface area contributed by atoms with Gasteiger partial charge in [0.2, 0.25) is 5.91 Å². The highest BCUT2D eigenvalue weighted by Crippen LogP contribution is 2.35. The van der Waals surface area contributed by atoms with Crippen molar-refractivity contribution in [2.24, 2.45) is 11.8 Å². The van der Waals surface area contributed by atoms with Gasteiger partial charge in [0.05, 0.1) is 6.61 Å². The van der Waals surface area contributed by atoms with E-state index in [0.29, 0.717) is 24.4 Å². The molecule has 0 spiro atoms. The van der Waals surface area contributed by atoms with Crippen molar-refractivity contribution in [2.75, 3.05) is 13.2 Å². The molecular formula is C13H23NO2. The van der Waals surface area contributed by atoms with Crippen molar-refractivity contribution in [1.29, 1.82) is 0 Å². The highest BCUT2D eigenvalue weighted by molar-refractivity contribution is 5.79. The molecule has 0 bridgehead atoms. The fourth-order valence-electron chi connectivity index (χ4n) is 3.00. The van der Waals surface area contributed by atoms with Crippen LogP contribution in [0.4, 0.5) is 0 Å². The molecule has 0 aromatic carbocycles. The van der Waals surface area contributed by atoms with Crippen LogP contribution in [-0.2, 0) is 4.79 Å². The number of carbonyl (C=O) groups excluding carboxylic acids is 1. The van der Waals surface area contributed by atoms with E-state index in [2.05, 4.69) is 6.92 Å². The summed E-state index contributed by atoms with van der Waals surface area (Å²) in [6.45, 7) is 2.82. The van der Waals surface area contributed by atoms with E-state index in [4.69, 9.17) is 5.11 Å². The fraction of sp³-hybridized carbons (Fsp3) is 0.923. The van der Waals surface area contributed by atoms with Crippen molar-refractivity contribution in [3.05, 3.63) is 0 Å². The molecule has 0 aromatic heterocycles. The van der Waals surface area contributed by atoms with Crippen molar-refractivity contribution in [3.63, 3.8) is 0 Å². The topological polar surface area (TPSA) is 40.5 Å². The maximum atomic E-state index is 12.4. The SMILES string of the molecule is CC1CCCC1C(=O)N(CCO)C1CCC1. The predicted molar refractivity (Wildman–Crippen MR) is 62.9 cm³/mol. The average molecular weight is 225 g/mol. The van der Waals surface area contributed by atoms with Gasteiger partial charge in [-0.25, -0.2) is 0 Å². The molecule has 3 heteroatoms. The smallest absolute Gasteiger partial charge is 0.226 e. The summed E-state index contributed by atoms with van der Waals surface area (Å²) in [6, 6.07) is 0.424. The summed E-state index contributed by atoms with van der Waals surface area (Å²) < 4.78 is 0. The molecule has 0 heterocycles. The fourth-order valence-corrected chi connectivity index (χ4v) is 3.00. The number of carbonyl (C=O) groups is 1. The Hall–Kier alpha value is -0.570. The highest BCUT2D eigenvalue weighted by Gasteiger charge is 2.36. The molecule has 0 aliphatic heterocycles. The summed E-state index contributed by atoms with van der Waals surface area (Å²) in [6.07, 6.45) is 6.93. The van der Waals surface area contributed by atoms with Gasteiger partial charge in [-0.2, -0.15) is 0 Å². The maximum Gasteiger partial charge on any atom is 0.226 e. The Kier molecular flexibility index (Phi) is 3.85. The van der Waals surface area contributed by atoms with E-state index in [1.807, 2.05) is 4.90 Å². The van der Waals surface area contributed by atoms with Gasteiger partial charge in [0, 0.05) is 18.5 Å². The first-order valence-electron chi connectivity index (χ1n) is 6.65.